The summed E-state index contributed by atoms with van der Waals surface area (Å²) >= 11 is 0. The summed E-state index contributed by atoms with van der Waals surface area (Å²) in [6.07, 6.45) is 0. The molecule has 0 radical (unpaired) electrons. The highest BCUT2D eigenvalue weighted by molar-refractivity contribution is 5.79. The van der Waals surface area contributed by atoms with E-state index in [1.165, 1.54) is 45.0 Å². The first kappa shape index (κ1) is 21.4. The molecule has 4 bridgehead atoms. The van der Waals surface area contributed by atoms with Crippen molar-refractivity contribution in [3.05, 3.63) is 46.5 Å². The lowest BCUT2D eigenvalue weighted by molar-refractivity contribution is 0.141. The van der Waals surface area contributed by atoms with Crippen LogP contribution >= 0.6 is 0 Å². The first-order valence-corrected chi connectivity index (χ1v) is 11.9. The molecule has 0 amide bonds. The van der Waals surface area contributed by atoms with Crippen LogP contribution in [0, 0.1) is 27.7 Å². The van der Waals surface area contributed by atoms with Crippen molar-refractivity contribution in [2.24, 2.45) is 0 Å². The van der Waals surface area contributed by atoms with Crippen LogP contribution in [0.4, 0.5) is 22.7 Å². The number of hydrogen-bond acceptors (Lipinski definition) is 6. The molecule has 0 N–H and O–H groups in total. The Morgan fingerprint density at radius 1 is 0.469 bits per heavy atom. The van der Waals surface area contributed by atoms with E-state index in [-0.39, 0.29) is 0 Å². The van der Waals surface area contributed by atoms with E-state index in [4.69, 9.17) is 9.47 Å². The molecule has 0 spiro atoms. The number of fused-ring (bicyclic) bond motifs is 10. The van der Waals surface area contributed by atoms with Gasteiger partial charge < -0.3 is 29.1 Å². The van der Waals surface area contributed by atoms with Crippen LogP contribution in [0.3, 0.4) is 0 Å². The van der Waals surface area contributed by atoms with Gasteiger partial charge in [0.15, 0.2) is 0 Å². The summed E-state index contributed by atoms with van der Waals surface area (Å²) in [5, 5.41) is 0. The summed E-state index contributed by atoms with van der Waals surface area (Å²) in [6, 6.07) is 9.33. The van der Waals surface area contributed by atoms with Crippen LogP contribution in [0.25, 0.3) is 0 Å². The smallest absolute Gasteiger partial charge is 0.0906 e. The largest absolute Gasteiger partial charge is 0.378 e. The Morgan fingerprint density at radius 3 is 0.969 bits per heavy atom. The van der Waals surface area contributed by atoms with Gasteiger partial charge in [-0.15, -0.1) is 0 Å². The number of rotatable bonds is 0. The van der Waals surface area contributed by atoms with Crippen molar-refractivity contribution in [2.75, 3.05) is 85.5 Å². The number of ether oxygens (including phenoxy) is 2. The maximum Gasteiger partial charge on any atom is 0.0906 e. The van der Waals surface area contributed by atoms with E-state index in [1.54, 1.807) is 0 Å². The molecule has 3 aliphatic rings. The SMILES string of the molecule is Cc1cc2c(cc1C)N1CCOCCN3CN(CCOCCN2C1)c1cc(C)c(C)cc13. The van der Waals surface area contributed by atoms with Crippen molar-refractivity contribution in [1.82, 2.24) is 0 Å². The zero-order valence-electron chi connectivity index (χ0n) is 20.0. The summed E-state index contributed by atoms with van der Waals surface area (Å²) in [5.74, 6) is 0. The van der Waals surface area contributed by atoms with Gasteiger partial charge in [-0.25, -0.2) is 0 Å². The van der Waals surface area contributed by atoms with Gasteiger partial charge in [-0.2, -0.15) is 0 Å². The van der Waals surface area contributed by atoms with Gasteiger partial charge in [0.2, 0.25) is 0 Å². The van der Waals surface area contributed by atoms with E-state index in [0.717, 1.165) is 65.9 Å². The molecule has 1 fully saturated rings. The Morgan fingerprint density at radius 2 is 0.719 bits per heavy atom. The zero-order chi connectivity index (χ0) is 22.2. The number of nitrogens with zero attached hydrogens (tertiary/aromatic N) is 4. The lowest BCUT2D eigenvalue weighted by Gasteiger charge is -2.24. The number of benzene rings is 2. The minimum atomic E-state index is 0.744. The van der Waals surface area contributed by atoms with Crippen molar-refractivity contribution in [3.63, 3.8) is 0 Å². The molecule has 172 valence electrons. The number of anilines is 4. The van der Waals surface area contributed by atoms with Crippen LogP contribution in [0.5, 0.6) is 0 Å². The van der Waals surface area contributed by atoms with Crippen molar-refractivity contribution in [1.29, 1.82) is 0 Å². The minimum Gasteiger partial charge on any atom is -0.378 e. The molecule has 3 heterocycles. The van der Waals surface area contributed by atoms with Crippen LogP contribution in [0.15, 0.2) is 24.3 Å². The van der Waals surface area contributed by atoms with Crippen molar-refractivity contribution in [3.8, 4) is 0 Å². The van der Waals surface area contributed by atoms with E-state index in [2.05, 4.69) is 71.6 Å². The predicted octanol–water partition coefficient (Wildman–Crippen LogP) is 3.84. The summed E-state index contributed by atoms with van der Waals surface area (Å²) in [7, 11) is 0. The molecule has 32 heavy (non-hydrogen) atoms. The van der Waals surface area contributed by atoms with Crippen LogP contribution in [-0.4, -0.2) is 65.9 Å². The fourth-order valence-electron chi connectivity index (χ4n) is 4.97. The Kier molecular flexibility index (Phi) is 5.91. The molecule has 2 aromatic carbocycles. The normalized spacial score (nSPS) is 19.4. The Balaban J connectivity index is 1.33. The predicted molar refractivity (Wildman–Crippen MR) is 133 cm³/mol. The summed E-state index contributed by atoms with van der Waals surface area (Å²) in [6.45, 7) is 17.2. The molecule has 0 saturated carbocycles. The second kappa shape index (κ2) is 8.83. The second-order valence-corrected chi connectivity index (χ2v) is 9.41. The molecule has 3 aliphatic heterocycles. The maximum atomic E-state index is 6.13. The van der Waals surface area contributed by atoms with Gasteiger partial charge >= 0.3 is 0 Å². The third-order valence-corrected chi connectivity index (χ3v) is 7.25. The molecule has 2 aromatic rings. The lowest BCUT2D eigenvalue weighted by Crippen LogP contribution is -2.37. The van der Waals surface area contributed by atoms with E-state index < -0.39 is 0 Å². The highest BCUT2D eigenvalue weighted by atomic mass is 16.5. The molecule has 0 aliphatic carbocycles. The van der Waals surface area contributed by atoms with Crippen molar-refractivity contribution < 1.29 is 9.47 Å². The standard InChI is InChI=1S/C26H36N4O2/c1-19-13-23-24(14-20(19)2)28-6-10-32-12-8-30-18-29(7-11-31-9-5-27(23)17-28)25-15-21(3)22(4)16-26(25)30/h13-16H,5-12,17-18H2,1-4H3. The monoisotopic (exact) mass is 436 g/mol. The van der Waals surface area contributed by atoms with Gasteiger partial charge in [-0.3, -0.25) is 0 Å². The minimum absolute atomic E-state index is 0.744. The van der Waals surface area contributed by atoms with Gasteiger partial charge in [-0.05, 0) is 74.2 Å². The van der Waals surface area contributed by atoms with Crippen LogP contribution < -0.4 is 19.6 Å². The fourth-order valence-corrected chi connectivity index (χ4v) is 4.97. The summed E-state index contributed by atoms with van der Waals surface area (Å²) < 4.78 is 12.3. The van der Waals surface area contributed by atoms with Crippen LogP contribution in [-0.2, 0) is 9.47 Å². The molecule has 1 saturated heterocycles. The quantitative estimate of drug-likeness (QED) is 0.624. The molecular formula is C26H36N4O2. The average Bonchev–Trinajstić information content (AvgIpc) is 3.26. The summed E-state index contributed by atoms with van der Waals surface area (Å²) in [5.41, 5.74) is 10.7. The van der Waals surface area contributed by atoms with Crippen LogP contribution in [0.2, 0.25) is 0 Å². The highest BCUT2D eigenvalue weighted by Gasteiger charge is 2.28. The van der Waals surface area contributed by atoms with Crippen LogP contribution in [0.1, 0.15) is 22.3 Å². The van der Waals surface area contributed by atoms with E-state index in [1.807, 2.05) is 0 Å². The van der Waals surface area contributed by atoms with Crippen molar-refractivity contribution >= 4 is 22.7 Å². The fraction of sp³-hybridized carbons (Fsp3) is 0.538. The Labute approximate surface area is 192 Å². The second-order valence-electron chi connectivity index (χ2n) is 9.41. The first-order valence-electron chi connectivity index (χ1n) is 11.9. The lowest BCUT2D eigenvalue weighted by atomic mass is 10.1. The van der Waals surface area contributed by atoms with E-state index >= 15 is 0 Å². The topological polar surface area (TPSA) is 31.4 Å². The van der Waals surface area contributed by atoms with Gasteiger partial charge in [0.25, 0.3) is 0 Å². The van der Waals surface area contributed by atoms with Gasteiger partial charge in [0.05, 0.1) is 62.5 Å². The van der Waals surface area contributed by atoms with E-state index in [0.29, 0.717) is 0 Å². The maximum absolute atomic E-state index is 6.13. The van der Waals surface area contributed by atoms with Gasteiger partial charge in [0.1, 0.15) is 0 Å². The highest BCUT2D eigenvalue weighted by Crippen LogP contribution is 2.39. The Hall–Kier alpha value is -2.44. The molecule has 0 atom stereocenters. The molecule has 5 rings (SSSR count). The third kappa shape index (κ3) is 4.02. The molecule has 0 aromatic heterocycles. The molecular weight excluding hydrogens is 400 g/mol. The average molecular weight is 437 g/mol. The van der Waals surface area contributed by atoms with Gasteiger partial charge in [-0.1, -0.05) is 0 Å². The first-order chi connectivity index (χ1) is 15.5. The molecule has 0 unspecified atom stereocenters. The number of aryl methyl sites for hydroxylation is 4. The zero-order valence-corrected chi connectivity index (χ0v) is 20.0. The van der Waals surface area contributed by atoms with Crippen molar-refractivity contribution in [2.45, 2.75) is 27.7 Å². The Bertz CT molecular complexity index is 839. The number of hydrogen-bond donors (Lipinski definition) is 0. The summed E-state index contributed by atoms with van der Waals surface area (Å²) in [4.78, 5) is 9.80. The molecule has 6 heteroatoms. The third-order valence-electron chi connectivity index (χ3n) is 7.25. The van der Waals surface area contributed by atoms with Gasteiger partial charge in [0, 0.05) is 26.2 Å². The van der Waals surface area contributed by atoms with E-state index in [9.17, 15) is 0 Å². The molecule has 6 nitrogen and oxygen atoms in total.